The second-order valence-corrected chi connectivity index (χ2v) is 10.2. The number of aryl methyl sites for hydroxylation is 1. The first kappa shape index (κ1) is 23.2. The maximum Gasteiger partial charge on any atom is 0.416 e. The molecular formula is C23H24F4N6S. The van der Waals surface area contributed by atoms with E-state index in [0.29, 0.717) is 35.6 Å². The van der Waals surface area contributed by atoms with Gasteiger partial charge in [0.15, 0.2) is 11.0 Å². The smallest absolute Gasteiger partial charge is 0.304 e. The molecule has 3 heterocycles. The SMILES string of the molecule is Cc1cnc(-c2nnc(SCCCN3C[C@@H]4C[C@]4(c4ccc(C(F)(F)F)cc4F)C3)n2C)cn1. The molecule has 0 spiro atoms. The number of hydrogen-bond donors (Lipinski definition) is 0. The van der Waals surface area contributed by atoms with E-state index in [2.05, 4.69) is 25.1 Å². The third kappa shape index (κ3) is 4.31. The van der Waals surface area contributed by atoms with Crippen LogP contribution in [0, 0.1) is 18.7 Å². The number of hydrogen-bond acceptors (Lipinski definition) is 6. The minimum Gasteiger partial charge on any atom is -0.304 e. The van der Waals surface area contributed by atoms with E-state index in [1.165, 1.54) is 6.07 Å². The third-order valence-corrected chi connectivity index (χ3v) is 7.85. The molecule has 1 aliphatic carbocycles. The van der Waals surface area contributed by atoms with Gasteiger partial charge in [0.1, 0.15) is 11.5 Å². The van der Waals surface area contributed by atoms with Gasteiger partial charge in [-0.15, -0.1) is 10.2 Å². The molecule has 2 atom stereocenters. The Morgan fingerprint density at radius 3 is 2.71 bits per heavy atom. The summed E-state index contributed by atoms with van der Waals surface area (Å²) in [6, 6.07) is 2.97. The van der Waals surface area contributed by atoms with Crippen molar-refractivity contribution in [1.82, 2.24) is 29.6 Å². The lowest BCUT2D eigenvalue weighted by molar-refractivity contribution is -0.137. The van der Waals surface area contributed by atoms with E-state index >= 15 is 0 Å². The van der Waals surface area contributed by atoms with Gasteiger partial charge >= 0.3 is 6.18 Å². The molecule has 2 aliphatic rings. The van der Waals surface area contributed by atoms with E-state index in [9.17, 15) is 17.6 Å². The highest BCUT2D eigenvalue weighted by Gasteiger charge is 2.61. The van der Waals surface area contributed by atoms with Crippen LogP contribution in [0.3, 0.4) is 0 Å². The van der Waals surface area contributed by atoms with Crippen molar-refractivity contribution in [3.05, 3.63) is 53.2 Å². The summed E-state index contributed by atoms with van der Waals surface area (Å²) in [4.78, 5) is 10.9. The van der Waals surface area contributed by atoms with Crippen LogP contribution in [-0.4, -0.2) is 55.0 Å². The molecule has 0 bridgehead atoms. The predicted octanol–water partition coefficient (Wildman–Crippen LogP) is 4.49. The maximum absolute atomic E-state index is 14.6. The third-order valence-electron chi connectivity index (χ3n) is 6.74. The lowest BCUT2D eigenvalue weighted by Gasteiger charge is -2.21. The van der Waals surface area contributed by atoms with E-state index in [1.54, 1.807) is 24.2 Å². The number of thioether (sulfide) groups is 1. The van der Waals surface area contributed by atoms with Crippen LogP contribution < -0.4 is 0 Å². The molecule has 1 saturated carbocycles. The number of aromatic nitrogens is 5. The van der Waals surface area contributed by atoms with Gasteiger partial charge in [-0.2, -0.15) is 13.2 Å². The summed E-state index contributed by atoms with van der Waals surface area (Å²) < 4.78 is 55.1. The van der Waals surface area contributed by atoms with Gasteiger partial charge in [-0.3, -0.25) is 4.98 Å². The number of likely N-dealkylation sites (tertiary alicyclic amines) is 1. The molecule has 34 heavy (non-hydrogen) atoms. The number of piperidine rings is 1. The normalized spacial score (nSPS) is 22.2. The zero-order chi connectivity index (χ0) is 24.1. The Morgan fingerprint density at radius 2 is 2.00 bits per heavy atom. The van der Waals surface area contributed by atoms with Crippen LogP contribution in [0.2, 0.25) is 0 Å². The standard InChI is InChI=1S/C23H24F4N6S/c1-14-10-29-19(11-28-14)20-30-31-21(32(20)2)34-7-3-6-33-12-16-9-22(16,13-33)17-5-4-15(8-18(17)24)23(25,26)27/h4-5,8,10-11,16H,3,6-7,9,12-13H2,1-2H3/t16-,22-/m0/s1. The molecule has 0 unspecified atom stereocenters. The molecule has 2 fully saturated rings. The van der Waals surface area contributed by atoms with Gasteiger partial charge in [-0.05, 0) is 49.9 Å². The Kier molecular flexibility index (Phi) is 5.87. The molecule has 2 aromatic heterocycles. The summed E-state index contributed by atoms with van der Waals surface area (Å²) in [5.41, 5.74) is 0.658. The monoisotopic (exact) mass is 492 g/mol. The molecule has 0 N–H and O–H groups in total. The van der Waals surface area contributed by atoms with Gasteiger partial charge < -0.3 is 9.47 Å². The Labute approximate surface area is 198 Å². The van der Waals surface area contributed by atoms with Crippen molar-refractivity contribution in [2.45, 2.75) is 36.5 Å². The van der Waals surface area contributed by atoms with E-state index in [1.807, 2.05) is 18.5 Å². The van der Waals surface area contributed by atoms with Gasteiger partial charge in [0.05, 0.1) is 17.5 Å². The minimum atomic E-state index is -4.53. The number of alkyl halides is 3. The van der Waals surface area contributed by atoms with Crippen molar-refractivity contribution < 1.29 is 17.6 Å². The summed E-state index contributed by atoms with van der Waals surface area (Å²) in [5.74, 6) is 1.07. The highest BCUT2D eigenvalue weighted by Crippen LogP contribution is 2.59. The van der Waals surface area contributed by atoms with Crippen molar-refractivity contribution in [3.8, 4) is 11.5 Å². The lowest BCUT2D eigenvalue weighted by atomic mass is 9.93. The fourth-order valence-corrected chi connectivity index (χ4v) is 5.73. The average molecular weight is 493 g/mol. The van der Waals surface area contributed by atoms with Crippen LogP contribution in [0.5, 0.6) is 0 Å². The fraction of sp³-hybridized carbons (Fsp3) is 0.478. The van der Waals surface area contributed by atoms with Gasteiger partial charge in [0, 0.05) is 37.5 Å². The molecule has 6 nitrogen and oxygen atoms in total. The molecular weight excluding hydrogens is 468 g/mol. The van der Waals surface area contributed by atoms with Crippen LogP contribution >= 0.6 is 11.8 Å². The molecule has 11 heteroatoms. The summed E-state index contributed by atoms with van der Waals surface area (Å²) >= 11 is 1.61. The van der Waals surface area contributed by atoms with E-state index in [-0.39, 0.29) is 5.41 Å². The van der Waals surface area contributed by atoms with Gasteiger partial charge in [-0.25, -0.2) is 9.37 Å². The molecule has 1 aromatic carbocycles. The number of benzene rings is 1. The van der Waals surface area contributed by atoms with Gasteiger partial charge in [0.2, 0.25) is 0 Å². The number of halogens is 4. The largest absolute Gasteiger partial charge is 0.416 e. The average Bonchev–Trinajstić information content (AvgIpc) is 3.15. The quantitative estimate of drug-likeness (QED) is 0.275. The van der Waals surface area contributed by atoms with E-state index in [0.717, 1.165) is 48.6 Å². The minimum absolute atomic E-state index is 0.309. The highest BCUT2D eigenvalue weighted by molar-refractivity contribution is 7.99. The molecule has 1 saturated heterocycles. The van der Waals surface area contributed by atoms with Gasteiger partial charge in [-0.1, -0.05) is 17.8 Å². The molecule has 0 radical (unpaired) electrons. The zero-order valence-electron chi connectivity index (χ0n) is 18.8. The van der Waals surface area contributed by atoms with Crippen LogP contribution in [0.25, 0.3) is 11.5 Å². The second kappa shape index (κ2) is 8.60. The topological polar surface area (TPSA) is 59.7 Å². The molecule has 5 rings (SSSR count). The van der Waals surface area contributed by atoms with Crippen LogP contribution in [0.1, 0.15) is 29.7 Å². The summed E-state index contributed by atoms with van der Waals surface area (Å²) in [6.45, 7) is 4.26. The molecule has 180 valence electrons. The van der Waals surface area contributed by atoms with E-state index in [4.69, 9.17) is 0 Å². The van der Waals surface area contributed by atoms with Crippen LogP contribution in [0.4, 0.5) is 17.6 Å². The summed E-state index contributed by atoms with van der Waals surface area (Å²) in [7, 11) is 1.90. The predicted molar refractivity (Wildman–Crippen MR) is 120 cm³/mol. The summed E-state index contributed by atoms with van der Waals surface area (Å²) in [6.07, 6.45) is 0.596. The molecule has 3 aromatic rings. The first-order valence-electron chi connectivity index (χ1n) is 11.1. The Morgan fingerprint density at radius 1 is 1.18 bits per heavy atom. The molecule has 1 aliphatic heterocycles. The van der Waals surface area contributed by atoms with Crippen molar-refractivity contribution in [2.75, 3.05) is 25.4 Å². The van der Waals surface area contributed by atoms with Crippen molar-refractivity contribution in [3.63, 3.8) is 0 Å². The van der Waals surface area contributed by atoms with Crippen LogP contribution in [0.15, 0.2) is 35.7 Å². The number of rotatable bonds is 7. The fourth-order valence-electron chi connectivity index (χ4n) is 4.89. The zero-order valence-corrected chi connectivity index (χ0v) is 19.6. The molecule has 0 amide bonds. The van der Waals surface area contributed by atoms with Crippen molar-refractivity contribution in [2.24, 2.45) is 13.0 Å². The number of fused-ring (bicyclic) bond motifs is 1. The number of nitrogens with zero attached hydrogens (tertiary/aromatic N) is 6. The second-order valence-electron chi connectivity index (χ2n) is 9.09. The van der Waals surface area contributed by atoms with Crippen molar-refractivity contribution in [1.29, 1.82) is 0 Å². The first-order chi connectivity index (χ1) is 16.2. The van der Waals surface area contributed by atoms with Crippen molar-refractivity contribution >= 4 is 11.8 Å². The Balaban J connectivity index is 1.14. The Bertz CT molecular complexity index is 1200. The highest BCUT2D eigenvalue weighted by atomic mass is 32.2. The lowest BCUT2D eigenvalue weighted by Crippen LogP contribution is -2.28. The van der Waals surface area contributed by atoms with Crippen LogP contribution in [-0.2, 0) is 18.6 Å². The van der Waals surface area contributed by atoms with Gasteiger partial charge in [0.25, 0.3) is 0 Å². The first-order valence-corrected chi connectivity index (χ1v) is 12.1. The maximum atomic E-state index is 14.6. The van der Waals surface area contributed by atoms with E-state index < -0.39 is 17.6 Å². The summed E-state index contributed by atoms with van der Waals surface area (Å²) in [5, 5.41) is 9.29. The Hall–Kier alpha value is -2.53.